The van der Waals surface area contributed by atoms with Crippen molar-refractivity contribution in [3.63, 3.8) is 0 Å². The molecule has 0 rings (SSSR count). The molecule has 0 spiro atoms. The number of rotatable bonds is 1. The number of hydrogen-bond donors (Lipinski definition) is 9. The summed E-state index contributed by atoms with van der Waals surface area (Å²) in [6.07, 6.45) is 2.96. The smallest absolute Gasteiger partial charge is 0.303 e. The topological polar surface area (TPSA) is 233 Å². The van der Waals surface area contributed by atoms with E-state index in [2.05, 4.69) is 13.5 Å². The SMILES string of the molecule is C.C=CCC.O=P(O)(O)O.O=P(O)(O)O.O=P(O)(O)O. The summed E-state index contributed by atoms with van der Waals surface area (Å²) in [6, 6.07) is 0. The van der Waals surface area contributed by atoms with Crippen LogP contribution in [0.15, 0.2) is 12.7 Å². The summed E-state index contributed by atoms with van der Waals surface area (Å²) in [5.74, 6) is 0. The highest BCUT2D eigenvalue weighted by molar-refractivity contribution is 7.45. The minimum absolute atomic E-state index is 0. The molecule has 0 amide bonds. The second kappa shape index (κ2) is 15.5. The van der Waals surface area contributed by atoms with Crippen LogP contribution in [0, 0.1) is 0 Å². The third kappa shape index (κ3) is 4600. The zero-order valence-electron chi connectivity index (χ0n) is 9.58. The second-order valence-corrected chi connectivity index (χ2v) is 5.32. The lowest BCUT2D eigenvalue weighted by molar-refractivity contribution is 0.272. The van der Waals surface area contributed by atoms with E-state index in [-0.39, 0.29) is 7.43 Å². The highest BCUT2D eigenvalue weighted by atomic mass is 31.2. The first-order valence-corrected chi connectivity index (χ1v) is 8.57. The zero-order valence-corrected chi connectivity index (χ0v) is 12.3. The average molecular weight is 366 g/mol. The van der Waals surface area contributed by atoms with E-state index in [0.29, 0.717) is 0 Å². The predicted octanol–water partition coefficient (Wildman–Crippen LogP) is -0.567. The quantitative estimate of drug-likeness (QED) is 0.210. The minimum atomic E-state index is -4.64. The maximum Gasteiger partial charge on any atom is 0.466 e. The van der Waals surface area contributed by atoms with Crippen LogP contribution in [0.1, 0.15) is 20.8 Å². The molecule has 0 aromatic carbocycles. The minimum Gasteiger partial charge on any atom is -0.303 e. The van der Waals surface area contributed by atoms with Gasteiger partial charge in [-0.25, -0.2) is 13.7 Å². The van der Waals surface area contributed by atoms with E-state index < -0.39 is 23.5 Å². The van der Waals surface area contributed by atoms with E-state index in [1.807, 2.05) is 6.08 Å². The van der Waals surface area contributed by atoms with Gasteiger partial charge in [-0.3, -0.25) is 0 Å². The molecule has 0 bridgehead atoms. The van der Waals surface area contributed by atoms with Gasteiger partial charge in [0.1, 0.15) is 0 Å². The first-order valence-electron chi connectivity index (χ1n) is 3.87. The molecule has 128 valence electrons. The Morgan fingerprint density at radius 3 is 0.800 bits per heavy atom. The third-order valence-corrected chi connectivity index (χ3v) is 0.289. The van der Waals surface area contributed by atoms with Gasteiger partial charge >= 0.3 is 23.5 Å². The molecular weight excluding hydrogens is 345 g/mol. The van der Waals surface area contributed by atoms with Crippen molar-refractivity contribution in [3.8, 4) is 0 Å². The van der Waals surface area contributed by atoms with Crippen LogP contribution < -0.4 is 0 Å². The largest absolute Gasteiger partial charge is 0.466 e. The van der Waals surface area contributed by atoms with Crippen LogP contribution in [0.25, 0.3) is 0 Å². The summed E-state index contributed by atoms with van der Waals surface area (Å²) in [5.41, 5.74) is 0. The lowest BCUT2D eigenvalue weighted by atomic mass is 10.5. The fourth-order valence-electron chi connectivity index (χ4n) is 0. The van der Waals surface area contributed by atoms with Crippen LogP contribution in [0.5, 0.6) is 0 Å². The van der Waals surface area contributed by atoms with Crippen molar-refractivity contribution in [2.24, 2.45) is 0 Å². The van der Waals surface area contributed by atoms with Gasteiger partial charge in [0.2, 0.25) is 0 Å². The first kappa shape index (κ1) is 32.1. The highest BCUT2D eigenvalue weighted by Gasteiger charge is 2.01. The maximum absolute atomic E-state index is 8.88. The lowest BCUT2D eigenvalue weighted by Gasteiger charge is -1.82. The molecule has 12 nitrogen and oxygen atoms in total. The number of hydrogen-bond acceptors (Lipinski definition) is 3. The van der Waals surface area contributed by atoms with E-state index in [1.165, 1.54) is 0 Å². The lowest BCUT2D eigenvalue weighted by Crippen LogP contribution is -1.66. The molecule has 9 N–H and O–H groups in total. The van der Waals surface area contributed by atoms with Gasteiger partial charge in [0.25, 0.3) is 0 Å². The molecular formula is C5H21O12P3. The summed E-state index contributed by atoms with van der Waals surface area (Å²) in [6.45, 7) is 5.54. The van der Waals surface area contributed by atoms with Crippen molar-refractivity contribution >= 4 is 23.5 Å². The van der Waals surface area contributed by atoms with Crippen LogP contribution in [-0.4, -0.2) is 44.0 Å². The standard InChI is InChI=1S/C4H8.CH4.3H3O4P/c1-3-4-2;;3*1-5(2,3)4/h3H,1,4H2,2H3;1H4;3*(H3,1,2,3,4). The van der Waals surface area contributed by atoms with Gasteiger partial charge in [-0.2, -0.15) is 0 Å². The van der Waals surface area contributed by atoms with Gasteiger partial charge in [0.15, 0.2) is 0 Å². The Morgan fingerprint density at radius 1 is 0.750 bits per heavy atom. The van der Waals surface area contributed by atoms with Crippen LogP contribution in [0.3, 0.4) is 0 Å². The molecule has 0 radical (unpaired) electrons. The van der Waals surface area contributed by atoms with Crippen molar-refractivity contribution in [1.29, 1.82) is 0 Å². The molecule has 0 unspecified atom stereocenters. The Hall–Kier alpha value is 0.0700. The van der Waals surface area contributed by atoms with Crippen molar-refractivity contribution < 1.29 is 57.7 Å². The van der Waals surface area contributed by atoms with Crippen molar-refractivity contribution in [1.82, 2.24) is 0 Å². The molecule has 0 aromatic rings. The van der Waals surface area contributed by atoms with E-state index in [9.17, 15) is 0 Å². The molecule has 20 heavy (non-hydrogen) atoms. The summed E-state index contributed by atoms with van der Waals surface area (Å²) in [4.78, 5) is 64.7. The normalized spacial score (nSPS) is 10.1. The van der Waals surface area contributed by atoms with Crippen molar-refractivity contribution in [3.05, 3.63) is 12.7 Å². The number of phosphoric acid groups is 3. The number of allylic oxidation sites excluding steroid dienone is 1. The monoisotopic (exact) mass is 366 g/mol. The zero-order chi connectivity index (χ0) is 16.9. The van der Waals surface area contributed by atoms with E-state index >= 15 is 0 Å². The summed E-state index contributed by atoms with van der Waals surface area (Å²) < 4.78 is 26.6. The molecule has 0 heterocycles. The molecule has 0 aromatic heterocycles. The molecule has 0 aliphatic rings. The Bertz CT molecular complexity index is 263. The highest BCUT2D eigenvalue weighted by Crippen LogP contribution is 2.26. The van der Waals surface area contributed by atoms with Crippen LogP contribution >= 0.6 is 23.5 Å². The second-order valence-electron chi connectivity index (χ2n) is 2.24. The van der Waals surface area contributed by atoms with Crippen LogP contribution in [-0.2, 0) is 13.7 Å². The molecule has 0 fully saturated rings. The predicted molar refractivity (Wildman–Crippen MR) is 70.0 cm³/mol. The van der Waals surface area contributed by atoms with Gasteiger partial charge in [-0.05, 0) is 6.42 Å². The molecule has 0 saturated heterocycles. The Labute approximate surface area is 115 Å². The molecule has 15 heteroatoms. The Balaban J connectivity index is -0.0000000494. The fourth-order valence-corrected chi connectivity index (χ4v) is 0. The summed E-state index contributed by atoms with van der Waals surface area (Å²) in [7, 11) is -13.9. The van der Waals surface area contributed by atoms with Crippen molar-refractivity contribution in [2.75, 3.05) is 0 Å². The third-order valence-electron chi connectivity index (χ3n) is 0.289. The Morgan fingerprint density at radius 2 is 0.800 bits per heavy atom. The molecule has 0 aliphatic heterocycles. The Kier molecular flexibility index (Phi) is 24.8. The van der Waals surface area contributed by atoms with Gasteiger partial charge < -0.3 is 44.0 Å². The molecule has 0 atom stereocenters. The molecule has 0 aliphatic carbocycles. The van der Waals surface area contributed by atoms with Crippen LogP contribution in [0.2, 0.25) is 0 Å². The maximum atomic E-state index is 8.88. The summed E-state index contributed by atoms with van der Waals surface area (Å²) >= 11 is 0. The van der Waals surface area contributed by atoms with Crippen LogP contribution in [0.4, 0.5) is 0 Å². The van der Waals surface area contributed by atoms with E-state index in [4.69, 9.17) is 57.7 Å². The van der Waals surface area contributed by atoms with Gasteiger partial charge in [-0.1, -0.05) is 20.4 Å². The van der Waals surface area contributed by atoms with Gasteiger partial charge in [0.05, 0.1) is 0 Å². The fraction of sp³-hybridized carbons (Fsp3) is 0.600. The first-order chi connectivity index (χ1) is 7.91. The van der Waals surface area contributed by atoms with E-state index in [1.54, 1.807) is 0 Å². The van der Waals surface area contributed by atoms with E-state index in [0.717, 1.165) is 6.42 Å². The van der Waals surface area contributed by atoms with Gasteiger partial charge in [0, 0.05) is 0 Å². The molecule has 0 saturated carbocycles. The average Bonchev–Trinajstić information content (AvgIpc) is 1.93. The van der Waals surface area contributed by atoms with Crippen molar-refractivity contribution in [2.45, 2.75) is 20.8 Å². The van der Waals surface area contributed by atoms with Gasteiger partial charge in [-0.15, -0.1) is 6.58 Å². The summed E-state index contributed by atoms with van der Waals surface area (Å²) in [5, 5.41) is 0.